The van der Waals surface area contributed by atoms with Crippen molar-refractivity contribution in [2.24, 2.45) is 0 Å². The Balaban J connectivity index is 1.55. The van der Waals surface area contributed by atoms with Gasteiger partial charge in [0.15, 0.2) is 0 Å². The number of nitrogens with zero attached hydrogens (tertiary/aromatic N) is 4. The molecule has 2 unspecified atom stereocenters. The molecule has 1 N–H and O–H groups in total. The van der Waals surface area contributed by atoms with Crippen molar-refractivity contribution in [3.8, 4) is 0 Å². The highest BCUT2D eigenvalue weighted by Gasteiger charge is 2.49. The van der Waals surface area contributed by atoms with Crippen LogP contribution in [-0.2, 0) is 4.79 Å². The van der Waals surface area contributed by atoms with Gasteiger partial charge >= 0.3 is 0 Å². The first kappa shape index (κ1) is 19.0. The summed E-state index contributed by atoms with van der Waals surface area (Å²) in [5.41, 5.74) is 1.73. The number of carbonyl (C=O) groups excluding carboxylic acids is 1. The van der Waals surface area contributed by atoms with Gasteiger partial charge in [-0.3, -0.25) is 4.79 Å². The first-order chi connectivity index (χ1) is 14.4. The van der Waals surface area contributed by atoms with Crippen LogP contribution in [0.5, 0.6) is 0 Å². The number of halogens is 2. The SMILES string of the molecule is C[C@@]1(O)CN(C=O)C1c1cnn2ccc(N3CCCC3c3cc(F)ccc3F)cc12. The number of aromatic nitrogens is 2. The molecule has 3 aromatic rings. The number of benzene rings is 1. The van der Waals surface area contributed by atoms with Gasteiger partial charge in [0.1, 0.15) is 17.2 Å². The minimum absolute atomic E-state index is 0.257. The van der Waals surface area contributed by atoms with Gasteiger partial charge in [0.25, 0.3) is 0 Å². The van der Waals surface area contributed by atoms with Crippen LogP contribution in [-0.4, -0.2) is 44.7 Å². The van der Waals surface area contributed by atoms with E-state index in [-0.39, 0.29) is 12.6 Å². The smallest absolute Gasteiger partial charge is 0.210 e. The van der Waals surface area contributed by atoms with Crippen LogP contribution >= 0.6 is 0 Å². The van der Waals surface area contributed by atoms with E-state index in [1.165, 1.54) is 12.1 Å². The van der Waals surface area contributed by atoms with Crippen molar-refractivity contribution >= 4 is 17.6 Å². The van der Waals surface area contributed by atoms with Crippen molar-refractivity contribution in [2.45, 2.75) is 37.5 Å². The van der Waals surface area contributed by atoms with Crippen molar-refractivity contribution in [3.05, 3.63) is 65.5 Å². The third kappa shape index (κ3) is 2.86. The normalized spacial score (nSPS) is 26.3. The summed E-state index contributed by atoms with van der Waals surface area (Å²) in [7, 11) is 0. The molecular weight excluding hydrogens is 390 g/mol. The Bertz CT molecular complexity index is 1130. The summed E-state index contributed by atoms with van der Waals surface area (Å²) >= 11 is 0. The number of hydrogen-bond acceptors (Lipinski definition) is 4. The minimum atomic E-state index is -1.03. The zero-order chi connectivity index (χ0) is 21.0. The van der Waals surface area contributed by atoms with Crippen LogP contribution in [0.2, 0.25) is 0 Å². The predicted octanol–water partition coefficient (Wildman–Crippen LogP) is 3.22. The fourth-order valence-corrected chi connectivity index (χ4v) is 4.95. The monoisotopic (exact) mass is 412 g/mol. The summed E-state index contributed by atoms with van der Waals surface area (Å²) in [6, 6.07) is 6.68. The number of rotatable bonds is 4. The van der Waals surface area contributed by atoms with Crippen molar-refractivity contribution in [1.29, 1.82) is 0 Å². The average molecular weight is 412 g/mol. The number of pyridine rings is 1. The van der Waals surface area contributed by atoms with Gasteiger partial charge < -0.3 is 14.9 Å². The van der Waals surface area contributed by atoms with Gasteiger partial charge in [-0.25, -0.2) is 13.3 Å². The Labute approximate surface area is 172 Å². The zero-order valence-electron chi connectivity index (χ0n) is 16.5. The van der Waals surface area contributed by atoms with Gasteiger partial charge in [0.05, 0.1) is 30.3 Å². The number of fused-ring (bicyclic) bond motifs is 1. The third-order valence-corrected chi connectivity index (χ3v) is 6.29. The lowest BCUT2D eigenvalue weighted by molar-refractivity contribution is -0.160. The van der Waals surface area contributed by atoms with E-state index < -0.39 is 23.3 Å². The molecule has 0 spiro atoms. The maximum Gasteiger partial charge on any atom is 0.210 e. The fraction of sp³-hybridized carbons (Fsp3) is 0.364. The Morgan fingerprint density at radius 3 is 2.83 bits per heavy atom. The average Bonchev–Trinajstić information content (AvgIpc) is 3.35. The molecule has 2 saturated heterocycles. The molecular formula is C22H22F2N4O2. The minimum Gasteiger partial charge on any atom is -0.386 e. The summed E-state index contributed by atoms with van der Waals surface area (Å²) in [6.45, 7) is 2.70. The standard InChI is InChI=1S/C22H22F2N4O2/c1-22(30)12-26(13-29)21(22)17-11-25-28-8-6-15(10-20(17)28)27-7-2-3-19(27)16-9-14(23)4-5-18(16)24/h4-6,8-11,13,19,21,30H,2-3,7,12H2,1H3/t19?,21?,22-/m1/s1. The van der Waals surface area contributed by atoms with E-state index in [0.29, 0.717) is 5.56 Å². The largest absolute Gasteiger partial charge is 0.386 e. The second kappa shape index (κ2) is 6.77. The highest BCUT2D eigenvalue weighted by atomic mass is 19.1. The summed E-state index contributed by atoms with van der Waals surface area (Å²) in [5, 5.41) is 15.0. The van der Waals surface area contributed by atoms with Crippen LogP contribution in [0.15, 0.2) is 42.7 Å². The second-order valence-electron chi connectivity index (χ2n) is 8.37. The van der Waals surface area contributed by atoms with Gasteiger partial charge in [-0.2, -0.15) is 5.10 Å². The summed E-state index contributed by atoms with van der Waals surface area (Å²) in [4.78, 5) is 15.0. The number of hydrogen-bond donors (Lipinski definition) is 1. The Kier molecular flexibility index (Phi) is 4.28. The van der Waals surface area contributed by atoms with Crippen LogP contribution in [0.4, 0.5) is 14.5 Å². The van der Waals surface area contributed by atoms with E-state index in [4.69, 9.17) is 0 Å². The molecule has 2 aliphatic rings. The Hall–Kier alpha value is -3.00. The number of carbonyl (C=O) groups is 1. The van der Waals surface area contributed by atoms with Crippen LogP contribution in [0.25, 0.3) is 5.52 Å². The van der Waals surface area contributed by atoms with Gasteiger partial charge in [0.2, 0.25) is 6.41 Å². The van der Waals surface area contributed by atoms with Crippen molar-refractivity contribution in [3.63, 3.8) is 0 Å². The van der Waals surface area contributed by atoms with Crippen LogP contribution in [0.1, 0.15) is 43.0 Å². The summed E-state index contributed by atoms with van der Waals surface area (Å²) in [6.07, 6.45) is 5.81. The molecule has 2 fully saturated rings. The molecule has 0 saturated carbocycles. The number of anilines is 1. The predicted molar refractivity (Wildman–Crippen MR) is 107 cm³/mol. The Morgan fingerprint density at radius 2 is 2.07 bits per heavy atom. The number of β-amino-alcohol motifs (C(OH)–C–C–N with tert-alkyl or cyclic N) is 1. The fourth-order valence-electron chi connectivity index (χ4n) is 4.95. The molecule has 0 radical (unpaired) electrons. The molecule has 4 heterocycles. The van der Waals surface area contributed by atoms with Gasteiger partial charge in [0, 0.05) is 29.6 Å². The summed E-state index contributed by atoms with van der Waals surface area (Å²) in [5.74, 6) is -0.862. The highest BCUT2D eigenvalue weighted by molar-refractivity contribution is 5.67. The maximum absolute atomic E-state index is 14.4. The van der Waals surface area contributed by atoms with Crippen molar-refractivity contribution in [2.75, 3.05) is 18.0 Å². The molecule has 1 amide bonds. The maximum atomic E-state index is 14.4. The van der Waals surface area contributed by atoms with Gasteiger partial charge in [-0.15, -0.1) is 0 Å². The van der Waals surface area contributed by atoms with E-state index in [1.807, 2.05) is 18.3 Å². The lowest BCUT2D eigenvalue weighted by Crippen LogP contribution is -2.61. The van der Waals surface area contributed by atoms with Crippen molar-refractivity contribution < 1.29 is 18.7 Å². The third-order valence-electron chi connectivity index (χ3n) is 6.29. The molecule has 156 valence electrons. The van der Waals surface area contributed by atoms with Crippen molar-refractivity contribution in [1.82, 2.24) is 14.5 Å². The molecule has 30 heavy (non-hydrogen) atoms. The van der Waals surface area contributed by atoms with E-state index >= 15 is 0 Å². The highest BCUT2D eigenvalue weighted by Crippen LogP contribution is 2.43. The topological polar surface area (TPSA) is 61.1 Å². The molecule has 2 aliphatic heterocycles. The van der Waals surface area contributed by atoms with E-state index in [0.717, 1.165) is 48.6 Å². The molecule has 3 atom stereocenters. The lowest BCUT2D eigenvalue weighted by atomic mass is 9.81. The second-order valence-corrected chi connectivity index (χ2v) is 8.37. The van der Waals surface area contributed by atoms with Crippen LogP contribution in [0, 0.1) is 11.6 Å². The Morgan fingerprint density at radius 1 is 1.23 bits per heavy atom. The van der Waals surface area contributed by atoms with E-state index in [2.05, 4.69) is 10.00 Å². The van der Waals surface area contributed by atoms with Gasteiger partial charge in [-0.1, -0.05) is 0 Å². The summed E-state index contributed by atoms with van der Waals surface area (Å²) < 4.78 is 29.9. The molecule has 0 bridgehead atoms. The van der Waals surface area contributed by atoms with E-state index in [1.54, 1.807) is 22.5 Å². The quantitative estimate of drug-likeness (QED) is 0.669. The molecule has 2 aromatic heterocycles. The van der Waals surface area contributed by atoms with Crippen LogP contribution < -0.4 is 4.90 Å². The first-order valence-electron chi connectivity index (χ1n) is 10.0. The number of aliphatic hydroxyl groups is 1. The van der Waals surface area contributed by atoms with Gasteiger partial charge in [-0.05, 0) is 50.1 Å². The lowest BCUT2D eigenvalue weighted by Gasteiger charge is -2.50. The molecule has 0 aliphatic carbocycles. The zero-order valence-corrected chi connectivity index (χ0v) is 16.5. The van der Waals surface area contributed by atoms with E-state index in [9.17, 15) is 18.7 Å². The molecule has 6 nitrogen and oxygen atoms in total. The molecule has 5 rings (SSSR count). The first-order valence-corrected chi connectivity index (χ1v) is 10.0. The molecule has 1 aromatic carbocycles. The number of likely N-dealkylation sites (tertiary alicyclic amines) is 1. The number of amides is 1. The van der Waals surface area contributed by atoms with Crippen LogP contribution in [0.3, 0.4) is 0 Å². The molecule has 8 heteroatoms.